The molecule has 0 spiro atoms. The normalized spacial score (nSPS) is 12.8. The van der Waals surface area contributed by atoms with Crippen molar-refractivity contribution in [3.05, 3.63) is 60.7 Å². The van der Waals surface area contributed by atoms with Gasteiger partial charge in [-0.15, -0.1) is 0 Å². The summed E-state index contributed by atoms with van der Waals surface area (Å²) in [5, 5.41) is 0. The average Bonchev–Trinajstić information content (AvgIpc) is 2.66. The van der Waals surface area contributed by atoms with Gasteiger partial charge in [0.15, 0.2) is 0 Å². The first-order chi connectivity index (χ1) is 12.2. The third-order valence-electron chi connectivity index (χ3n) is 4.04. The van der Waals surface area contributed by atoms with E-state index in [-0.39, 0.29) is 23.0 Å². The summed E-state index contributed by atoms with van der Waals surface area (Å²) in [4.78, 5) is 0.104. The fourth-order valence-corrected chi connectivity index (χ4v) is 4.13. The number of hydrogen-bond donors (Lipinski definition) is 0. The quantitative estimate of drug-likeness (QED) is 0.603. The van der Waals surface area contributed by atoms with Gasteiger partial charge < -0.3 is 0 Å². The predicted octanol–water partition coefficient (Wildman–Crippen LogP) is 3.21. The molecule has 0 aliphatic rings. The lowest BCUT2D eigenvalue weighted by atomic mass is 9.90. The molecule has 0 atom stereocenters. The van der Waals surface area contributed by atoms with E-state index in [1.807, 2.05) is 6.92 Å². The molecule has 0 radical (unpaired) electrons. The van der Waals surface area contributed by atoms with Crippen molar-refractivity contribution in [1.29, 1.82) is 0 Å². The second kappa shape index (κ2) is 8.30. The minimum absolute atomic E-state index is 0.0521. The van der Waals surface area contributed by atoms with Gasteiger partial charge in [-0.1, -0.05) is 50.2 Å². The Morgan fingerprint density at radius 1 is 0.731 bits per heavy atom. The van der Waals surface area contributed by atoms with E-state index < -0.39 is 25.7 Å². The summed E-state index contributed by atoms with van der Waals surface area (Å²) in [7, 11) is -7.83. The molecule has 2 aromatic carbocycles. The Morgan fingerprint density at radius 2 is 1.08 bits per heavy atom. The van der Waals surface area contributed by atoms with Crippen LogP contribution in [0.15, 0.2) is 70.5 Å². The van der Waals surface area contributed by atoms with E-state index in [1.54, 1.807) is 43.3 Å². The van der Waals surface area contributed by atoms with E-state index >= 15 is 0 Å². The summed E-state index contributed by atoms with van der Waals surface area (Å²) in [6, 6.07) is 15.6. The maximum atomic E-state index is 12.2. The predicted molar refractivity (Wildman–Crippen MR) is 97.6 cm³/mol. The number of benzene rings is 2. The second-order valence-electron chi connectivity index (χ2n) is 6.22. The van der Waals surface area contributed by atoms with Crippen molar-refractivity contribution in [1.82, 2.24) is 0 Å². The molecule has 2 rings (SSSR count). The van der Waals surface area contributed by atoms with E-state index in [2.05, 4.69) is 0 Å². The highest BCUT2D eigenvalue weighted by atomic mass is 32.2. The van der Waals surface area contributed by atoms with Gasteiger partial charge in [0.1, 0.15) is 0 Å². The molecule has 0 heterocycles. The first-order valence-corrected chi connectivity index (χ1v) is 10.9. The van der Waals surface area contributed by atoms with Gasteiger partial charge >= 0.3 is 0 Å². The Balaban J connectivity index is 2.04. The molecule has 142 valence electrons. The Labute approximate surface area is 155 Å². The van der Waals surface area contributed by atoms with Crippen molar-refractivity contribution >= 4 is 20.2 Å². The molecule has 0 aliphatic heterocycles. The standard InChI is InChI=1S/C18H22O6S2/c1-3-18(2,14-23-25(19,20)16-10-6-4-7-11-16)15-24-26(21,22)17-12-8-5-9-13-17/h4-13H,3,14-15H2,1-2H3. The van der Waals surface area contributed by atoms with Gasteiger partial charge in [-0.05, 0) is 30.7 Å². The summed E-state index contributed by atoms with van der Waals surface area (Å²) in [6.45, 7) is 3.15. The fourth-order valence-electron chi connectivity index (χ4n) is 2.00. The monoisotopic (exact) mass is 398 g/mol. The van der Waals surface area contributed by atoms with Crippen molar-refractivity contribution in [2.24, 2.45) is 5.41 Å². The van der Waals surface area contributed by atoms with Crippen molar-refractivity contribution < 1.29 is 25.2 Å². The van der Waals surface area contributed by atoms with Gasteiger partial charge in [0, 0.05) is 5.41 Å². The van der Waals surface area contributed by atoms with Crippen LogP contribution in [0.1, 0.15) is 20.3 Å². The third-order valence-corrected chi connectivity index (χ3v) is 6.60. The molecule has 0 N–H and O–H groups in total. The van der Waals surface area contributed by atoms with Crippen LogP contribution in [-0.4, -0.2) is 30.0 Å². The first kappa shape index (κ1) is 20.6. The Morgan fingerprint density at radius 3 is 1.38 bits per heavy atom. The van der Waals surface area contributed by atoms with Gasteiger partial charge in [0.2, 0.25) is 0 Å². The van der Waals surface area contributed by atoms with Gasteiger partial charge in [0.25, 0.3) is 20.2 Å². The summed E-state index contributed by atoms with van der Waals surface area (Å²) in [5.74, 6) is 0. The van der Waals surface area contributed by atoms with Crippen LogP contribution in [0.4, 0.5) is 0 Å². The molecule has 8 heteroatoms. The lowest BCUT2D eigenvalue weighted by molar-refractivity contribution is 0.0973. The largest absolute Gasteiger partial charge is 0.296 e. The topological polar surface area (TPSA) is 86.7 Å². The molecule has 6 nitrogen and oxygen atoms in total. The van der Waals surface area contributed by atoms with Crippen molar-refractivity contribution in [2.45, 2.75) is 30.1 Å². The highest BCUT2D eigenvalue weighted by molar-refractivity contribution is 7.87. The summed E-state index contributed by atoms with van der Waals surface area (Å²) < 4.78 is 59.2. The highest BCUT2D eigenvalue weighted by Crippen LogP contribution is 2.26. The lowest BCUT2D eigenvalue weighted by Crippen LogP contribution is -2.31. The van der Waals surface area contributed by atoms with Crippen LogP contribution in [0, 0.1) is 5.41 Å². The fraction of sp³-hybridized carbons (Fsp3) is 0.333. The van der Waals surface area contributed by atoms with Crippen molar-refractivity contribution in [3.8, 4) is 0 Å². The van der Waals surface area contributed by atoms with E-state index in [0.29, 0.717) is 6.42 Å². The van der Waals surface area contributed by atoms with Gasteiger partial charge in [-0.25, -0.2) is 0 Å². The van der Waals surface area contributed by atoms with Gasteiger partial charge in [-0.2, -0.15) is 16.8 Å². The van der Waals surface area contributed by atoms with Crippen LogP contribution in [0.25, 0.3) is 0 Å². The Hall–Kier alpha value is -1.74. The SMILES string of the molecule is CCC(C)(COS(=O)(=O)c1ccccc1)COS(=O)(=O)c1ccccc1. The molecule has 0 aromatic heterocycles. The highest BCUT2D eigenvalue weighted by Gasteiger charge is 2.30. The maximum Gasteiger partial charge on any atom is 0.296 e. The summed E-state index contributed by atoms with van der Waals surface area (Å²) >= 11 is 0. The molecule has 0 saturated carbocycles. The van der Waals surface area contributed by atoms with Crippen LogP contribution < -0.4 is 0 Å². The van der Waals surface area contributed by atoms with Crippen LogP contribution >= 0.6 is 0 Å². The van der Waals surface area contributed by atoms with E-state index in [4.69, 9.17) is 8.37 Å². The van der Waals surface area contributed by atoms with Crippen LogP contribution in [0.3, 0.4) is 0 Å². The molecule has 26 heavy (non-hydrogen) atoms. The maximum absolute atomic E-state index is 12.2. The van der Waals surface area contributed by atoms with Crippen molar-refractivity contribution in [2.75, 3.05) is 13.2 Å². The van der Waals surface area contributed by atoms with Gasteiger partial charge in [-0.3, -0.25) is 8.37 Å². The van der Waals surface area contributed by atoms with E-state index in [1.165, 1.54) is 24.3 Å². The number of rotatable bonds is 9. The van der Waals surface area contributed by atoms with Crippen LogP contribution in [0.2, 0.25) is 0 Å². The Kier molecular flexibility index (Phi) is 6.57. The molecule has 0 bridgehead atoms. The van der Waals surface area contributed by atoms with Gasteiger partial charge in [0.05, 0.1) is 23.0 Å². The van der Waals surface area contributed by atoms with Crippen LogP contribution in [0.5, 0.6) is 0 Å². The Bertz CT molecular complexity index is 833. The molecular weight excluding hydrogens is 376 g/mol. The molecule has 0 aliphatic carbocycles. The molecule has 0 unspecified atom stereocenters. The summed E-state index contributed by atoms with van der Waals surface area (Å²) in [6.07, 6.45) is 0.474. The molecule has 2 aromatic rings. The molecule has 0 saturated heterocycles. The number of hydrogen-bond acceptors (Lipinski definition) is 6. The van der Waals surface area contributed by atoms with Crippen molar-refractivity contribution in [3.63, 3.8) is 0 Å². The average molecular weight is 399 g/mol. The lowest BCUT2D eigenvalue weighted by Gasteiger charge is -2.26. The third kappa shape index (κ3) is 5.38. The molecule has 0 amide bonds. The van der Waals surface area contributed by atoms with E-state index in [0.717, 1.165) is 0 Å². The smallest absolute Gasteiger partial charge is 0.266 e. The minimum atomic E-state index is -3.91. The van der Waals surface area contributed by atoms with Crippen LogP contribution in [-0.2, 0) is 28.6 Å². The molecule has 0 fully saturated rings. The minimum Gasteiger partial charge on any atom is -0.266 e. The zero-order valence-corrected chi connectivity index (χ0v) is 16.3. The van der Waals surface area contributed by atoms with E-state index in [9.17, 15) is 16.8 Å². The zero-order chi connectivity index (χ0) is 19.3. The second-order valence-corrected chi connectivity index (χ2v) is 9.45. The zero-order valence-electron chi connectivity index (χ0n) is 14.7. The summed E-state index contributed by atoms with van der Waals surface area (Å²) in [5.41, 5.74) is -0.788. The molecular formula is C18H22O6S2. The first-order valence-electron chi connectivity index (χ1n) is 8.07.